The summed E-state index contributed by atoms with van der Waals surface area (Å²) in [5.74, 6) is 0.786. The fourth-order valence-corrected chi connectivity index (χ4v) is 3.70. The second-order valence-corrected chi connectivity index (χ2v) is 7.59. The van der Waals surface area contributed by atoms with Crippen molar-refractivity contribution in [2.45, 2.75) is 46.1 Å². The molecule has 0 radical (unpaired) electrons. The SMILES string of the molecule is CCOc1ccc2[nH]c(C(=O)NC(C)(C)CN3CCCC3)c(C)c2c1. The Kier molecular flexibility index (Phi) is 5.04. The number of fused-ring (bicyclic) bond motifs is 1. The van der Waals surface area contributed by atoms with Gasteiger partial charge in [-0.25, -0.2) is 0 Å². The quantitative estimate of drug-likeness (QED) is 0.844. The number of aromatic nitrogens is 1. The number of ether oxygens (including phenoxy) is 1. The van der Waals surface area contributed by atoms with Gasteiger partial charge in [0.05, 0.1) is 6.61 Å². The zero-order valence-corrected chi connectivity index (χ0v) is 15.7. The van der Waals surface area contributed by atoms with E-state index < -0.39 is 0 Å². The van der Waals surface area contributed by atoms with E-state index in [-0.39, 0.29) is 11.4 Å². The molecule has 1 aromatic carbocycles. The Morgan fingerprint density at radius 2 is 2.04 bits per heavy atom. The van der Waals surface area contributed by atoms with Gasteiger partial charge in [0.1, 0.15) is 11.4 Å². The van der Waals surface area contributed by atoms with Crippen LogP contribution in [0.1, 0.15) is 49.7 Å². The molecule has 2 aromatic rings. The van der Waals surface area contributed by atoms with Crippen LogP contribution in [0.4, 0.5) is 0 Å². The maximum absolute atomic E-state index is 12.8. The Morgan fingerprint density at radius 1 is 1.32 bits per heavy atom. The predicted molar refractivity (Wildman–Crippen MR) is 101 cm³/mol. The van der Waals surface area contributed by atoms with Crippen LogP contribution in [0.3, 0.4) is 0 Å². The van der Waals surface area contributed by atoms with E-state index in [2.05, 4.69) is 29.0 Å². The van der Waals surface area contributed by atoms with Crippen molar-refractivity contribution < 1.29 is 9.53 Å². The third-order valence-electron chi connectivity index (χ3n) is 4.84. The molecule has 5 nitrogen and oxygen atoms in total. The largest absolute Gasteiger partial charge is 0.494 e. The average molecular weight is 343 g/mol. The number of nitrogens with one attached hydrogen (secondary N) is 2. The second-order valence-electron chi connectivity index (χ2n) is 7.59. The molecule has 1 aromatic heterocycles. The molecule has 1 aliphatic rings. The molecular weight excluding hydrogens is 314 g/mol. The molecule has 0 atom stereocenters. The lowest BCUT2D eigenvalue weighted by Gasteiger charge is -2.31. The summed E-state index contributed by atoms with van der Waals surface area (Å²) in [4.78, 5) is 18.5. The van der Waals surface area contributed by atoms with Crippen molar-refractivity contribution in [1.82, 2.24) is 15.2 Å². The molecule has 1 saturated heterocycles. The Hall–Kier alpha value is -2.01. The zero-order valence-electron chi connectivity index (χ0n) is 15.7. The van der Waals surface area contributed by atoms with Gasteiger partial charge in [-0.1, -0.05) is 0 Å². The van der Waals surface area contributed by atoms with Crippen LogP contribution in [-0.4, -0.2) is 47.6 Å². The Labute approximate surface area is 149 Å². The maximum Gasteiger partial charge on any atom is 0.268 e. The summed E-state index contributed by atoms with van der Waals surface area (Å²) in [6, 6.07) is 5.90. The molecule has 5 heteroatoms. The monoisotopic (exact) mass is 343 g/mol. The number of hydrogen-bond acceptors (Lipinski definition) is 3. The Bertz CT molecular complexity index is 758. The van der Waals surface area contributed by atoms with E-state index in [0.29, 0.717) is 12.3 Å². The van der Waals surface area contributed by atoms with Crippen molar-refractivity contribution in [2.24, 2.45) is 0 Å². The summed E-state index contributed by atoms with van der Waals surface area (Å²) in [5, 5.41) is 4.23. The smallest absolute Gasteiger partial charge is 0.268 e. The molecule has 1 fully saturated rings. The van der Waals surface area contributed by atoms with Gasteiger partial charge in [0.2, 0.25) is 0 Å². The number of likely N-dealkylation sites (tertiary alicyclic amines) is 1. The van der Waals surface area contributed by atoms with Crippen LogP contribution in [0.25, 0.3) is 10.9 Å². The third-order valence-corrected chi connectivity index (χ3v) is 4.84. The van der Waals surface area contributed by atoms with Crippen molar-refractivity contribution in [2.75, 3.05) is 26.2 Å². The van der Waals surface area contributed by atoms with Crippen molar-refractivity contribution >= 4 is 16.8 Å². The van der Waals surface area contributed by atoms with Gasteiger partial charge in [0, 0.05) is 23.0 Å². The minimum atomic E-state index is -0.262. The first kappa shape index (κ1) is 17.8. The first-order valence-corrected chi connectivity index (χ1v) is 9.19. The lowest BCUT2D eigenvalue weighted by Crippen LogP contribution is -2.51. The molecule has 0 unspecified atom stereocenters. The minimum absolute atomic E-state index is 0.0455. The van der Waals surface area contributed by atoms with Crippen LogP contribution < -0.4 is 10.1 Å². The average Bonchev–Trinajstić information content (AvgIpc) is 3.15. The van der Waals surface area contributed by atoms with E-state index >= 15 is 0 Å². The standard InChI is InChI=1S/C20H29N3O2/c1-5-25-15-8-9-17-16(12-15)14(2)18(21-17)19(24)22-20(3,4)13-23-10-6-7-11-23/h8-9,12,21H,5-7,10-11,13H2,1-4H3,(H,22,24). The molecule has 25 heavy (non-hydrogen) atoms. The highest BCUT2D eigenvalue weighted by molar-refractivity contribution is 6.01. The number of aromatic amines is 1. The van der Waals surface area contributed by atoms with Gasteiger partial charge in [-0.05, 0) is 77.4 Å². The van der Waals surface area contributed by atoms with Crippen molar-refractivity contribution in [3.8, 4) is 5.75 Å². The molecule has 0 spiro atoms. The molecule has 1 amide bonds. The zero-order chi connectivity index (χ0) is 18.0. The van der Waals surface area contributed by atoms with Crippen molar-refractivity contribution in [1.29, 1.82) is 0 Å². The summed E-state index contributed by atoms with van der Waals surface area (Å²) in [6.07, 6.45) is 2.51. The molecule has 1 aliphatic heterocycles. The summed E-state index contributed by atoms with van der Waals surface area (Å²) in [7, 11) is 0. The van der Waals surface area contributed by atoms with Crippen LogP contribution in [0, 0.1) is 6.92 Å². The highest BCUT2D eigenvalue weighted by Gasteiger charge is 2.27. The van der Waals surface area contributed by atoms with Crippen LogP contribution in [0.5, 0.6) is 5.75 Å². The number of hydrogen-bond donors (Lipinski definition) is 2. The van der Waals surface area contributed by atoms with Gasteiger partial charge in [-0.3, -0.25) is 4.79 Å². The molecule has 0 aliphatic carbocycles. The van der Waals surface area contributed by atoms with Gasteiger partial charge in [-0.15, -0.1) is 0 Å². The third kappa shape index (κ3) is 3.98. The number of benzene rings is 1. The number of amides is 1. The lowest BCUT2D eigenvalue weighted by atomic mass is 10.0. The Balaban J connectivity index is 1.78. The summed E-state index contributed by atoms with van der Waals surface area (Å²) in [6.45, 7) is 11.9. The van der Waals surface area contributed by atoms with Crippen LogP contribution in [0.15, 0.2) is 18.2 Å². The van der Waals surface area contributed by atoms with E-state index in [0.717, 1.165) is 41.9 Å². The fraction of sp³-hybridized carbons (Fsp3) is 0.550. The first-order valence-electron chi connectivity index (χ1n) is 9.19. The molecule has 0 bridgehead atoms. The van der Waals surface area contributed by atoms with Crippen molar-refractivity contribution in [3.05, 3.63) is 29.5 Å². The molecular formula is C20H29N3O2. The lowest BCUT2D eigenvalue weighted by molar-refractivity contribution is 0.0889. The predicted octanol–water partition coefficient (Wildman–Crippen LogP) is 3.48. The molecule has 3 rings (SSSR count). The first-order chi connectivity index (χ1) is 11.9. The van der Waals surface area contributed by atoms with Crippen molar-refractivity contribution in [3.63, 3.8) is 0 Å². The van der Waals surface area contributed by atoms with Gasteiger partial charge in [0.25, 0.3) is 5.91 Å². The number of carbonyl (C=O) groups is 1. The van der Waals surface area contributed by atoms with Gasteiger partial charge >= 0.3 is 0 Å². The second kappa shape index (κ2) is 7.08. The minimum Gasteiger partial charge on any atom is -0.494 e. The summed E-state index contributed by atoms with van der Waals surface area (Å²) < 4.78 is 5.57. The summed E-state index contributed by atoms with van der Waals surface area (Å²) >= 11 is 0. The summed E-state index contributed by atoms with van der Waals surface area (Å²) in [5.41, 5.74) is 2.30. The topological polar surface area (TPSA) is 57.4 Å². The van der Waals surface area contributed by atoms with E-state index in [1.807, 2.05) is 32.0 Å². The highest BCUT2D eigenvalue weighted by atomic mass is 16.5. The van der Waals surface area contributed by atoms with Crippen LogP contribution in [0.2, 0.25) is 0 Å². The Morgan fingerprint density at radius 3 is 2.72 bits per heavy atom. The van der Waals surface area contributed by atoms with E-state index in [1.165, 1.54) is 12.8 Å². The number of carbonyl (C=O) groups excluding carboxylic acids is 1. The van der Waals surface area contributed by atoms with E-state index in [9.17, 15) is 4.79 Å². The van der Waals surface area contributed by atoms with Crippen LogP contribution >= 0.6 is 0 Å². The van der Waals surface area contributed by atoms with Gasteiger partial charge in [-0.2, -0.15) is 0 Å². The van der Waals surface area contributed by atoms with Gasteiger partial charge < -0.3 is 19.9 Å². The number of H-pyrrole nitrogens is 1. The van der Waals surface area contributed by atoms with E-state index in [1.54, 1.807) is 0 Å². The molecule has 2 N–H and O–H groups in total. The normalized spacial score (nSPS) is 15.7. The fourth-order valence-electron chi connectivity index (χ4n) is 3.70. The number of rotatable bonds is 6. The maximum atomic E-state index is 12.8. The van der Waals surface area contributed by atoms with E-state index in [4.69, 9.17) is 4.74 Å². The highest BCUT2D eigenvalue weighted by Crippen LogP contribution is 2.26. The molecule has 0 saturated carbocycles. The van der Waals surface area contributed by atoms with Crippen LogP contribution in [-0.2, 0) is 0 Å². The van der Waals surface area contributed by atoms with Gasteiger partial charge in [0.15, 0.2) is 0 Å². The molecule has 136 valence electrons. The number of aryl methyl sites for hydroxylation is 1. The number of nitrogens with zero attached hydrogens (tertiary/aromatic N) is 1. The molecule has 2 heterocycles.